The van der Waals surface area contributed by atoms with Crippen LogP contribution in [0.15, 0.2) is 72.9 Å². The van der Waals surface area contributed by atoms with Crippen molar-refractivity contribution in [3.05, 3.63) is 89.8 Å². The maximum atomic E-state index is 4.71. The molecule has 0 radical (unpaired) electrons. The Morgan fingerprint density at radius 1 is 0.964 bits per heavy atom. The van der Waals surface area contributed by atoms with Crippen LogP contribution in [0.4, 0.5) is 0 Å². The predicted octanol–water partition coefficient (Wildman–Crippen LogP) is 5.08. The molecule has 0 bridgehead atoms. The van der Waals surface area contributed by atoms with Crippen LogP contribution < -0.4 is 0 Å². The third-order valence-corrected chi connectivity index (χ3v) is 6.21. The Morgan fingerprint density at radius 2 is 1.75 bits per heavy atom. The van der Waals surface area contributed by atoms with Crippen LogP contribution in [0, 0.1) is 0 Å². The van der Waals surface area contributed by atoms with Crippen molar-refractivity contribution in [2.45, 2.75) is 31.6 Å². The summed E-state index contributed by atoms with van der Waals surface area (Å²) in [5.41, 5.74) is 6.85. The third-order valence-electron chi connectivity index (χ3n) is 6.21. The minimum Gasteiger partial charge on any atom is -0.299 e. The Balaban J connectivity index is 1.31. The average Bonchev–Trinajstić information content (AvgIpc) is 3.41. The number of fused-ring (bicyclic) bond motifs is 1. The zero-order chi connectivity index (χ0) is 18.8. The quantitative estimate of drug-likeness (QED) is 0.639. The Kier molecular flexibility index (Phi) is 4.84. The van der Waals surface area contributed by atoms with Gasteiger partial charge in [-0.1, -0.05) is 54.6 Å². The molecular formula is C25H27N3. The number of allylic oxidation sites excluding steroid dienone is 1. The van der Waals surface area contributed by atoms with E-state index in [1.54, 1.807) is 0 Å². The highest BCUT2D eigenvalue weighted by molar-refractivity contribution is 5.69. The molecule has 28 heavy (non-hydrogen) atoms. The lowest BCUT2D eigenvalue weighted by Crippen LogP contribution is -2.20. The molecule has 1 fully saturated rings. The second-order valence-corrected chi connectivity index (χ2v) is 7.99. The highest BCUT2D eigenvalue weighted by Gasteiger charge is 2.24. The normalized spacial score (nSPS) is 21.1. The first-order valence-electron chi connectivity index (χ1n) is 10.5. The molecule has 1 aliphatic heterocycles. The highest BCUT2D eigenvalue weighted by atomic mass is 15.3. The number of aromatic nitrogens is 2. The SMILES string of the molecule is C(/CN1CCC(c2ccccc2)C1)=C1/CCCc2c1cnn2-c1ccccc1. The van der Waals surface area contributed by atoms with E-state index < -0.39 is 0 Å². The maximum Gasteiger partial charge on any atom is 0.0649 e. The van der Waals surface area contributed by atoms with Crippen LogP contribution in [0.5, 0.6) is 0 Å². The molecule has 3 heteroatoms. The lowest BCUT2D eigenvalue weighted by Gasteiger charge is -2.19. The molecule has 5 rings (SSSR count). The first kappa shape index (κ1) is 17.4. The summed E-state index contributed by atoms with van der Waals surface area (Å²) in [7, 11) is 0. The molecule has 1 saturated heterocycles. The predicted molar refractivity (Wildman–Crippen MR) is 115 cm³/mol. The van der Waals surface area contributed by atoms with Gasteiger partial charge in [0, 0.05) is 18.7 Å². The molecular weight excluding hydrogens is 342 g/mol. The van der Waals surface area contributed by atoms with Crippen molar-refractivity contribution in [2.24, 2.45) is 0 Å². The zero-order valence-electron chi connectivity index (χ0n) is 16.3. The van der Waals surface area contributed by atoms with Crippen LogP contribution in [-0.2, 0) is 6.42 Å². The van der Waals surface area contributed by atoms with Crippen molar-refractivity contribution in [2.75, 3.05) is 19.6 Å². The van der Waals surface area contributed by atoms with Crippen molar-refractivity contribution in [1.29, 1.82) is 0 Å². The molecule has 3 nitrogen and oxygen atoms in total. The van der Waals surface area contributed by atoms with Gasteiger partial charge in [-0.3, -0.25) is 4.90 Å². The van der Waals surface area contributed by atoms with E-state index in [0.717, 1.165) is 18.7 Å². The fourth-order valence-corrected chi connectivity index (χ4v) is 4.70. The van der Waals surface area contributed by atoms with Crippen molar-refractivity contribution in [3.8, 4) is 5.69 Å². The molecule has 1 unspecified atom stereocenters. The molecule has 0 saturated carbocycles. The van der Waals surface area contributed by atoms with Crippen molar-refractivity contribution >= 4 is 5.57 Å². The van der Waals surface area contributed by atoms with Crippen molar-refractivity contribution in [3.63, 3.8) is 0 Å². The molecule has 0 N–H and O–H groups in total. The van der Waals surface area contributed by atoms with E-state index in [0.29, 0.717) is 5.92 Å². The van der Waals surface area contributed by atoms with E-state index in [9.17, 15) is 0 Å². The molecule has 2 heterocycles. The number of rotatable bonds is 4. The smallest absolute Gasteiger partial charge is 0.0649 e. The summed E-state index contributed by atoms with van der Waals surface area (Å²) in [6.45, 7) is 3.41. The maximum absolute atomic E-state index is 4.71. The number of likely N-dealkylation sites (tertiary alicyclic amines) is 1. The van der Waals surface area contributed by atoms with Gasteiger partial charge in [-0.25, -0.2) is 4.68 Å². The fraction of sp³-hybridized carbons (Fsp3) is 0.320. The first-order chi connectivity index (χ1) is 13.9. The van der Waals surface area contributed by atoms with Crippen molar-refractivity contribution in [1.82, 2.24) is 14.7 Å². The Labute approximate surface area is 167 Å². The van der Waals surface area contributed by atoms with E-state index >= 15 is 0 Å². The summed E-state index contributed by atoms with van der Waals surface area (Å²) < 4.78 is 2.13. The van der Waals surface area contributed by atoms with Gasteiger partial charge in [0.05, 0.1) is 17.6 Å². The van der Waals surface area contributed by atoms with Gasteiger partial charge in [0.2, 0.25) is 0 Å². The zero-order valence-corrected chi connectivity index (χ0v) is 16.3. The van der Waals surface area contributed by atoms with Crippen LogP contribution in [0.2, 0.25) is 0 Å². The molecule has 142 valence electrons. The number of para-hydroxylation sites is 1. The van der Waals surface area contributed by atoms with Gasteiger partial charge in [-0.15, -0.1) is 0 Å². The molecule has 2 aromatic carbocycles. The summed E-state index contributed by atoms with van der Waals surface area (Å²) in [5.74, 6) is 0.683. The minimum absolute atomic E-state index is 0.683. The van der Waals surface area contributed by atoms with E-state index in [1.165, 1.54) is 54.7 Å². The molecule has 1 atom stereocenters. The van der Waals surface area contributed by atoms with Crippen LogP contribution in [0.3, 0.4) is 0 Å². The van der Waals surface area contributed by atoms with Crippen LogP contribution >= 0.6 is 0 Å². The van der Waals surface area contributed by atoms with Gasteiger partial charge in [0.25, 0.3) is 0 Å². The molecule has 2 aliphatic rings. The van der Waals surface area contributed by atoms with E-state index in [-0.39, 0.29) is 0 Å². The Hall–Kier alpha value is -2.65. The minimum atomic E-state index is 0.683. The van der Waals surface area contributed by atoms with Gasteiger partial charge in [-0.05, 0) is 61.4 Å². The summed E-state index contributed by atoms with van der Waals surface area (Å²) >= 11 is 0. The van der Waals surface area contributed by atoms with Gasteiger partial charge < -0.3 is 0 Å². The third kappa shape index (κ3) is 3.43. The molecule has 0 spiro atoms. The standard InChI is InChI=1S/C25H27N3/c1-3-8-20(9-4-1)22-15-17-27(19-22)16-14-21-10-7-13-25-24(21)18-26-28(25)23-11-5-2-6-12-23/h1-6,8-9,11-12,14,18,22H,7,10,13,15-17,19H2/b21-14+. The van der Waals surface area contributed by atoms with Crippen molar-refractivity contribution < 1.29 is 0 Å². The number of hydrogen-bond acceptors (Lipinski definition) is 2. The summed E-state index contributed by atoms with van der Waals surface area (Å²) in [6, 6.07) is 21.5. The summed E-state index contributed by atoms with van der Waals surface area (Å²) in [5, 5.41) is 4.71. The van der Waals surface area contributed by atoms with E-state index in [2.05, 4.69) is 82.5 Å². The lowest BCUT2D eigenvalue weighted by atomic mass is 9.92. The second kappa shape index (κ2) is 7.76. The summed E-state index contributed by atoms with van der Waals surface area (Å²) in [6.07, 6.45) is 9.30. The molecule has 1 aromatic heterocycles. The highest BCUT2D eigenvalue weighted by Crippen LogP contribution is 2.33. The van der Waals surface area contributed by atoms with Gasteiger partial charge in [0.1, 0.15) is 0 Å². The van der Waals surface area contributed by atoms with Crippen LogP contribution in [0.25, 0.3) is 11.3 Å². The molecule has 0 amide bonds. The number of nitrogens with zero attached hydrogens (tertiary/aromatic N) is 3. The number of benzene rings is 2. The monoisotopic (exact) mass is 369 g/mol. The van der Waals surface area contributed by atoms with Gasteiger partial charge in [0.15, 0.2) is 0 Å². The second-order valence-electron chi connectivity index (χ2n) is 7.99. The fourth-order valence-electron chi connectivity index (χ4n) is 4.70. The molecule has 1 aliphatic carbocycles. The largest absolute Gasteiger partial charge is 0.299 e. The van der Waals surface area contributed by atoms with E-state index in [4.69, 9.17) is 5.10 Å². The Morgan fingerprint density at radius 3 is 2.57 bits per heavy atom. The van der Waals surface area contributed by atoms with Crippen LogP contribution in [-0.4, -0.2) is 34.3 Å². The summed E-state index contributed by atoms with van der Waals surface area (Å²) in [4.78, 5) is 2.60. The van der Waals surface area contributed by atoms with Crippen LogP contribution in [0.1, 0.15) is 42.0 Å². The van der Waals surface area contributed by atoms with Gasteiger partial charge >= 0.3 is 0 Å². The topological polar surface area (TPSA) is 21.1 Å². The molecule has 3 aromatic rings. The Bertz CT molecular complexity index is 956. The first-order valence-corrected chi connectivity index (χ1v) is 10.5. The average molecular weight is 370 g/mol. The number of hydrogen-bond donors (Lipinski definition) is 0. The van der Waals surface area contributed by atoms with Gasteiger partial charge in [-0.2, -0.15) is 5.10 Å². The lowest BCUT2D eigenvalue weighted by molar-refractivity contribution is 0.372. The van der Waals surface area contributed by atoms with E-state index in [1.807, 2.05) is 0 Å².